The van der Waals surface area contributed by atoms with Crippen molar-refractivity contribution in [1.29, 1.82) is 0 Å². The maximum Gasteiger partial charge on any atom is 0.227 e. The second-order valence-corrected chi connectivity index (χ2v) is 7.92. The van der Waals surface area contributed by atoms with Gasteiger partial charge in [-0.2, -0.15) is 5.10 Å². The Morgan fingerprint density at radius 2 is 1.71 bits per heavy atom. The van der Waals surface area contributed by atoms with Gasteiger partial charge in [0.05, 0.1) is 25.2 Å². The van der Waals surface area contributed by atoms with Crippen LogP contribution >= 0.6 is 22.7 Å². The van der Waals surface area contributed by atoms with Crippen LogP contribution in [0.1, 0.15) is 26.7 Å². The number of amides is 1. The zero-order valence-corrected chi connectivity index (χ0v) is 15.8. The lowest BCUT2D eigenvalue weighted by atomic mass is 10.1. The third-order valence-corrected chi connectivity index (χ3v) is 5.92. The molecule has 0 aliphatic rings. The lowest BCUT2D eigenvalue weighted by Gasteiger charge is -2.22. The van der Waals surface area contributed by atoms with Crippen molar-refractivity contribution in [3.63, 3.8) is 0 Å². The number of thiophene rings is 2. The van der Waals surface area contributed by atoms with Crippen LogP contribution in [0.4, 0.5) is 0 Å². The highest BCUT2D eigenvalue weighted by Crippen LogP contribution is 2.20. The molecule has 0 radical (unpaired) electrons. The van der Waals surface area contributed by atoms with Crippen LogP contribution in [0.15, 0.2) is 35.0 Å². The first-order valence-electron chi connectivity index (χ1n) is 7.86. The molecule has 0 aliphatic carbocycles. The summed E-state index contributed by atoms with van der Waals surface area (Å²) in [6.45, 7) is 5.31. The molecule has 3 rings (SSSR count). The van der Waals surface area contributed by atoms with E-state index in [1.165, 1.54) is 9.75 Å². The summed E-state index contributed by atoms with van der Waals surface area (Å²) in [6.07, 6.45) is 0.405. The van der Waals surface area contributed by atoms with E-state index in [0.717, 1.165) is 17.0 Å². The number of rotatable bonds is 6. The number of carbonyl (C=O) groups is 1. The monoisotopic (exact) mass is 359 g/mol. The molecule has 0 spiro atoms. The van der Waals surface area contributed by atoms with Crippen molar-refractivity contribution < 1.29 is 4.79 Å². The molecule has 3 heterocycles. The van der Waals surface area contributed by atoms with E-state index in [9.17, 15) is 4.79 Å². The SMILES string of the molecule is Cc1nn(C)c(C)c1CC(=O)N(Cc1cccs1)Cc1cccs1. The summed E-state index contributed by atoms with van der Waals surface area (Å²) in [4.78, 5) is 17.3. The lowest BCUT2D eigenvalue weighted by Crippen LogP contribution is -2.31. The fourth-order valence-corrected chi connectivity index (χ4v) is 4.19. The maximum atomic E-state index is 13.0. The number of carbonyl (C=O) groups excluding carboxylic acids is 1. The molecule has 6 heteroatoms. The highest BCUT2D eigenvalue weighted by atomic mass is 32.1. The summed E-state index contributed by atoms with van der Waals surface area (Å²) in [7, 11) is 1.92. The summed E-state index contributed by atoms with van der Waals surface area (Å²) in [5.41, 5.74) is 3.05. The molecule has 4 nitrogen and oxygen atoms in total. The fraction of sp³-hybridized carbons (Fsp3) is 0.333. The van der Waals surface area contributed by atoms with Crippen LogP contribution in [0.2, 0.25) is 0 Å². The molecule has 0 aliphatic heterocycles. The first kappa shape index (κ1) is 16.9. The first-order chi connectivity index (χ1) is 11.5. The molecule has 3 aromatic heterocycles. The molecule has 0 aromatic carbocycles. The largest absolute Gasteiger partial charge is 0.332 e. The van der Waals surface area contributed by atoms with Crippen molar-refractivity contribution in [2.24, 2.45) is 7.05 Å². The Labute approximate surface area is 150 Å². The molecule has 0 bridgehead atoms. The molecule has 0 saturated carbocycles. The minimum absolute atomic E-state index is 0.149. The van der Waals surface area contributed by atoms with E-state index in [-0.39, 0.29) is 5.91 Å². The van der Waals surface area contributed by atoms with Crippen molar-refractivity contribution in [2.45, 2.75) is 33.4 Å². The van der Waals surface area contributed by atoms with Gasteiger partial charge in [0, 0.05) is 28.1 Å². The number of aryl methyl sites for hydroxylation is 2. The Bertz CT molecular complexity index is 768. The normalized spacial score (nSPS) is 11.0. The third-order valence-electron chi connectivity index (χ3n) is 4.19. The van der Waals surface area contributed by atoms with Crippen molar-refractivity contribution >= 4 is 28.6 Å². The quantitative estimate of drug-likeness (QED) is 0.669. The van der Waals surface area contributed by atoms with Crippen molar-refractivity contribution in [3.05, 3.63) is 61.7 Å². The summed E-state index contributed by atoms with van der Waals surface area (Å²) in [5, 5.41) is 8.53. The van der Waals surface area contributed by atoms with Crippen molar-refractivity contribution in [2.75, 3.05) is 0 Å². The topological polar surface area (TPSA) is 38.1 Å². The average Bonchev–Trinajstić information content (AvgIpc) is 3.27. The standard InChI is InChI=1S/C18H21N3OS2/c1-13-17(14(2)20(3)19-13)10-18(22)21(11-15-6-4-8-23-15)12-16-7-5-9-24-16/h4-9H,10-12H2,1-3H3. The summed E-state index contributed by atoms with van der Waals surface area (Å²) in [5.74, 6) is 0.149. The second-order valence-electron chi connectivity index (χ2n) is 5.86. The zero-order valence-electron chi connectivity index (χ0n) is 14.2. The van der Waals surface area contributed by atoms with Gasteiger partial charge in [-0.25, -0.2) is 0 Å². The smallest absolute Gasteiger partial charge is 0.227 e. The highest BCUT2D eigenvalue weighted by Gasteiger charge is 2.20. The third kappa shape index (κ3) is 3.76. The van der Waals surface area contributed by atoms with Gasteiger partial charge in [-0.3, -0.25) is 9.48 Å². The van der Waals surface area contributed by atoms with Crippen molar-refractivity contribution in [1.82, 2.24) is 14.7 Å². The molecule has 0 atom stereocenters. The Morgan fingerprint density at radius 1 is 1.12 bits per heavy atom. The molecular formula is C18H21N3OS2. The molecule has 0 N–H and O–H groups in total. The Kier molecular flexibility index (Phi) is 5.16. The van der Waals surface area contributed by atoms with Gasteiger partial charge < -0.3 is 4.90 Å². The Balaban J connectivity index is 1.79. The van der Waals surface area contributed by atoms with Gasteiger partial charge in [-0.1, -0.05) is 12.1 Å². The summed E-state index contributed by atoms with van der Waals surface area (Å²) >= 11 is 3.38. The molecule has 126 valence electrons. The van der Waals surface area contributed by atoms with E-state index in [4.69, 9.17) is 0 Å². The Morgan fingerprint density at radius 3 is 2.12 bits per heavy atom. The predicted molar refractivity (Wildman–Crippen MR) is 99.3 cm³/mol. The second kappa shape index (κ2) is 7.32. The summed E-state index contributed by atoms with van der Waals surface area (Å²) in [6, 6.07) is 8.23. The van der Waals surface area contributed by atoms with Crippen LogP contribution in [-0.2, 0) is 31.4 Å². The van der Waals surface area contributed by atoms with Gasteiger partial charge in [-0.15, -0.1) is 22.7 Å². The minimum Gasteiger partial charge on any atom is -0.332 e. The highest BCUT2D eigenvalue weighted by molar-refractivity contribution is 7.10. The Hall–Kier alpha value is -1.92. The minimum atomic E-state index is 0.149. The molecule has 0 fully saturated rings. The van der Waals surface area contributed by atoms with Crippen LogP contribution in [0.3, 0.4) is 0 Å². The van der Waals surface area contributed by atoms with Gasteiger partial charge in [0.25, 0.3) is 0 Å². The van der Waals surface area contributed by atoms with Crippen LogP contribution in [0.5, 0.6) is 0 Å². The van der Waals surface area contributed by atoms with Gasteiger partial charge in [-0.05, 0) is 36.7 Å². The maximum absolute atomic E-state index is 13.0. The van der Waals surface area contributed by atoms with Crippen LogP contribution in [0.25, 0.3) is 0 Å². The van der Waals surface area contributed by atoms with Crippen LogP contribution in [0, 0.1) is 13.8 Å². The molecule has 3 aromatic rings. The molecule has 1 amide bonds. The molecular weight excluding hydrogens is 338 g/mol. The molecule has 0 unspecified atom stereocenters. The molecule has 24 heavy (non-hydrogen) atoms. The number of nitrogens with zero attached hydrogens (tertiary/aromatic N) is 3. The van der Waals surface area contributed by atoms with E-state index in [1.54, 1.807) is 22.7 Å². The van der Waals surface area contributed by atoms with E-state index in [0.29, 0.717) is 19.5 Å². The van der Waals surface area contributed by atoms with Crippen LogP contribution < -0.4 is 0 Å². The number of hydrogen-bond donors (Lipinski definition) is 0. The first-order valence-corrected chi connectivity index (χ1v) is 9.62. The summed E-state index contributed by atoms with van der Waals surface area (Å²) < 4.78 is 1.85. The van der Waals surface area contributed by atoms with E-state index >= 15 is 0 Å². The predicted octanol–water partition coefficient (Wildman–Crippen LogP) is 3.93. The van der Waals surface area contributed by atoms with Gasteiger partial charge in [0.1, 0.15) is 0 Å². The fourth-order valence-electron chi connectivity index (χ4n) is 2.75. The van der Waals surface area contributed by atoms with Gasteiger partial charge >= 0.3 is 0 Å². The van der Waals surface area contributed by atoms with E-state index in [2.05, 4.69) is 28.0 Å². The number of hydrogen-bond acceptors (Lipinski definition) is 4. The molecule has 0 saturated heterocycles. The average molecular weight is 360 g/mol. The van der Waals surface area contributed by atoms with E-state index < -0.39 is 0 Å². The van der Waals surface area contributed by atoms with Crippen molar-refractivity contribution in [3.8, 4) is 0 Å². The van der Waals surface area contributed by atoms with Gasteiger partial charge in [0.15, 0.2) is 0 Å². The van der Waals surface area contributed by atoms with Gasteiger partial charge in [0.2, 0.25) is 5.91 Å². The number of aromatic nitrogens is 2. The zero-order chi connectivity index (χ0) is 17.1. The van der Waals surface area contributed by atoms with Crippen LogP contribution in [-0.4, -0.2) is 20.6 Å². The lowest BCUT2D eigenvalue weighted by molar-refractivity contribution is -0.131. The van der Waals surface area contributed by atoms with E-state index in [1.807, 2.05) is 42.6 Å².